The van der Waals surface area contributed by atoms with Gasteiger partial charge in [0.25, 0.3) is 0 Å². The minimum atomic E-state index is -3.71. The van der Waals surface area contributed by atoms with Gasteiger partial charge < -0.3 is 0 Å². The number of carbonyl (C=O) groups excluding carboxylic acids is 1. The van der Waals surface area contributed by atoms with Gasteiger partial charge in [0.2, 0.25) is 15.3 Å². The van der Waals surface area contributed by atoms with Crippen molar-refractivity contribution in [2.45, 2.75) is 31.2 Å². The molecule has 0 aliphatic carbocycles. The van der Waals surface area contributed by atoms with Crippen molar-refractivity contribution in [1.29, 1.82) is 0 Å². The summed E-state index contributed by atoms with van der Waals surface area (Å²) in [6, 6.07) is 7.00. The average molecular weight is 290 g/mol. The highest BCUT2D eigenvalue weighted by Crippen LogP contribution is 2.13. The molecule has 0 heterocycles. The van der Waals surface area contributed by atoms with Crippen molar-refractivity contribution in [3.8, 4) is 0 Å². The van der Waals surface area contributed by atoms with Gasteiger partial charge in [0.1, 0.15) is 0 Å². The van der Waals surface area contributed by atoms with Crippen molar-refractivity contribution in [2.24, 2.45) is 5.92 Å². The first-order valence-electron chi connectivity index (χ1n) is 5.59. The van der Waals surface area contributed by atoms with Crippen molar-refractivity contribution in [3.63, 3.8) is 0 Å². The Morgan fingerprint density at radius 3 is 2.28 bits per heavy atom. The zero-order valence-corrected chi connectivity index (χ0v) is 11.8. The molecule has 4 nitrogen and oxygen atoms in total. The van der Waals surface area contributed by atoms with Gasteiger partial charge in [-0.25, -0.2) is 8.42 Å². The molecule has 0 amide bonds. The van der Waals surface area contributed by atoms with Crippen LogP contribution in [0.3, 0.4) is 0 Å². The summed E-state index contributed by atoms with van der Waals surface area (Å²) < 4.78 is 26.3. The molecule has 0 fully saturated rings. The Labute approximate surface area is 112 Å². The van der Waals surface area contributed by atoms with Crippen molar-refractivity contribution in [1.82, 2.24) is 4.72 Å². The van der Waals surface area contributed by atoms with Gasteiger partial charge in [-0.2, -0.15) is 4.72 Å². The summed E-state index contributed by atoms with van der Waals surface area (Å²) in [5.74, 6) is 0.163. The summed E-state index contributed by atoms with van der Waals surface area (Å²) in [6.45, 7) is 3.79. The van der Waals surface area contributed by atoms with Gasteiger partial charge in [-0.1, -0.05) is 32.0 Å². The summed E-state index contributed by atoms with van der Waals surface area (Å²) in [5, 5.41) is -0.691. The second-order valence-electron chi connectivity index (χ2n) is 4.42. The number of halogens is 1. The van der Waals surface area contributed by atoms with E-state index in [1.807, 2.05) is 13.8 Å². The third kappa shape index (κ3) is 4.40. The molecule has 6 heteroatoms. The van der Waals surface area contributed by atoms with Crippen LogP contribution < -0.4 is 4.72 Å². The topological polar surface area (TPSA) is 63.2 Å². The maximum Gasteiger partial charge on any atom is 0.241 e. The van der Waals surface area contributed by atoms with Crippen LogP contribution in [-0.2, 0) is 14.8 Å². The van der Waals surface area contributed by atoms with E-state index in [-0.39, 0.29) is 10.8 Å². The second-order valence-corrected chi connectivity index (χ2v) is 6.51. The SMILES string of the molecule is CC(C)CC(NS(=O)(=O)c1ccccc1)C(=O)Cl. The predicted octanol–water partition coefficient (Wildman–Crippen LogP) is 2.15. The van der Waals surface area contributed by atoms with Crippen LogP contribution >= 0.6 is 11.6 Å². The smallest absolute Gasteiger partial charge is 0.241 e. The fourth-order valence-corrected chi connectivity index (χ4v) is 2.95. The average Bonchev–Trinajstić information content (AvgIpc) is 2.28. The highest BCUT2D eigenvalue weighted by Gasteiger charge is 2.24. The number of rotatable bonds is 6. The molecule has 1 aromatic carbocycles. The van der Waals surface area contributed by atoms with Crippen LogP contribution in [0.1, 0.15) is 20.3 Å². The Balaban J connectivity index is 2.90. The molecule has 1 unspecified atom stereocenters. The first kappa shape index (κ1) is 15.1. The molecule has 1 aromatic rings. The fourth-order valence-electron chi connectivity index (χ4n) is 1.51. The maximum absolute atomic E-state index is 12.0. The largest absolute Gasteiger partial charge is 0.279 e. The molecule has 0 aliphatic rings. The number of benzene rings is 1. The Bertz CT molecular complexity index is 499. The maximum atomic E-state index is 12.0. The standard InChI is InChI=1S/C12H16ClNO3S/c1-9(2)8-11(12(13)15)14-18(16,17)10-6-4-3-5-7-10/h3-7,9,11,14H,8H2,1-2H3. The molecule has 1 atom stereocenters. The number of carbonyl (C=O) groups is 1. The predicted molar refractivity (Wildman–Crippen MR) is 70.9 cm³/mol. The summed E-state index contributed by atoms with van der Waals surface area (Å²) in [4.78, 5) is 11.3. The highest BCUT2D eigenvalue weighted by molar-refractivity contribution is 7.89. The molecule has 0 bridgehead atoms. The number of sulfonamides is 1. The summed E-state index contributed by atoms with van der Waals surface area (Å²) in [6.07, 6.45) is 0.369. The van der Waals surface area contributed by atoms with Gasteiger partial charge in [0.15, 0.2) is 0 Å². The van der Waals surface area contributed by atoms with E-state index in [0.717, 1.165) is 0 Å². The molecule has 0 aliphatic heterocycles. The Morgan fingerprint density at radius 1 is 1.28 bits per heavy atom. The molecule has 0 radical (unpaired) electrons. The van der Waals surface area contributed by atoms with Crippen molar-refractivity contribution < 1.29 is 13.2 Å². The van der Waals surface area contributed by atoms with Crippen LogP contribution in [0.4, 0.5) is 0 Å². The molecule has 0 saturated carbocycles. The van der Waals surface area contributed by atoms with E-state index < -0.39 is 21.3 Å². The van der Waals surface area contributed by atoms with Crippen molar-refractivity contribution >= 4 is 26.9 Å². The molecule has 1 N–H and O–H groups in total. The van der Waals surface area contributed by atoms with E-state index in [4.69, 9.17) is 11.6 Å². The number of hydrogen-bond donors (Lipinski definition) is 1. The van der Waals surface area contributed by atoms with E-state index in [2.05, 4.69) is 4.72 Å². The first-order valence-corrected chi connectivity index (χ1v) is 7.46. The molecule has 1 rings (SSSR count). The Kier molecular flexibility index (Phi) is 5.31. The normalized spacial score (nSPS) is 13.6. The van der Waals surface area contributed by atoms with Crippen LogP contribution in [0.25, 0.3) is 0 Å². The van der Waals surface area contributed by atoms with E-state index in [9.17, 15) is 13.2 Å². The second kappa shape index (κ2) is 6.31. The van der Waals surface area contributed by atoms with Gasteiger partial charge in [-0.3, -0.25) is 4.79 Å². The summed E-state index contributed by atoms with van der Waals surface area (Å²) in [7, 11) is -3.71. The lowest BCUT2D eigenvalue weighted by atomic mass is 10.1. The minimum Gasteiger partial charge on any atom is -0.279 e. The zero-order chi connectivity index (χ0) is 13.8. The molecule has 100 valence electrons. The minimum absolute atomic E-state index is 0.122. The third-order valence-corrected chi connectivity index (χ3v) is 4.08. The number of hydrogen-bond acceptors (Lipinski definition) is 3. The third-order valence-electron chi connectivity index (χ3n) is 2.33. The lowest BCUT2D eigenvalue weighted by Gasteiger charge is -2.16. The molecule has 0 spiro atoms. The van der Waals surface area contributed by atoms with Crippen LogP contribution in [0.15, 0.2) is 35.2 Å². The van der Waals surface area contributed by atoms with E-state index in [1.165, 1.54) is 12.1 Å². The Morgan fingerprint density at radius 2 is 1.83 bits per heavy atom. The van der Waals surface area contributed by atoms with E-state index in [1.54, 1.807) is 18.2 Å². The van der Waals surface area contributed by atoms with Gasteiger partial charge in [-0.05, 0) is 36.1 Å². The van der Waals surface area contributed by atoms with Gasteiger partial charge >= 0.3 is 0 Å². The van der Waals surface area contributed by atoms with E-state index in [0.29, 0.717) is 6.42 Å². The summed E-state index contributed by atoms with van der Waals surface area (Å²) in [5.41, 5.74) is 0. The van der Waals surface area contributed by atoms with Crippen molar-refractivity contribution in [3.05, 3.63) is 30.3 Å². The lowest BCUT2D eigenvalue weighted by Crippen LogP contribution is -2.39. The highest BCUT2D eigenvalue weighted by atomic mass is 35.5. The van der Waals surface area contributed by atoms with Crippen molar-refractivity contribution in [2.75, 3.05) is 0 Å². The fraction of sp³-hybridized carbons (Fsp3) is 0.417. The molecule has 0 aromatic heterocycles. The molecule has 18 heavy (non-hydrogen) atoms. The van der Waals surface area contributed by atoms with Gasteiger partial charge in [-0.15, -0.1) is 0 Å². The van der Waals surface area contributed by atoms with Crippen LogP contribution in [-0.4, -0.2) is 19.7 Å². The molecular formula is C12H16ClNO3S. The van der Waals surface area contributed by atoms with Gasteiger partial charge in [0.05, 0.1) is 10.9 Å². The van der Waals surface area contributed by atoms with E-state index >= 15 is 0 Å². The Hall–Kier alpha value is -0.910. The molecular weight excluding hydrogens is 274 g/mol. The molecule has 0 saturated heterocycles. The quantitative estimate of drug-likeness (QED) is 0.816. The van der Waals surface area contributed by atoms with Crippen LogP contribution in [0.2, 0.25) is 0 Å². The lowest BCUT2D eigenvalue weighted by molar-refractivity contribution is -0.113. The van der Waals surface area contributed by atoms with Crippen LogP contribution in [0, 0.1) is 5.92 Å². The summed E-state index contributed by atoms with van der Waals surface area (Å²) >= 11 is 5.42. The van der Waals surface area contributed by atoms with Gasteiger partial charge in [0, 0.05) is 0 Å². The number of nitrogens with one attached hydrogen (secondary N) is 1. The first-order chi connectivity index (χ1) is 8.33. The van der Waals surface area contributed by atoms with Crippen LogP contribution in [0.5, 0.6) is 0 Å². The monoisotopic (exact) mass is 289 g/mol. The zero-order valence-electron chi connectivity index (χ0n) is 10.3.